The molecule has 0 saturated carbocycles. The number of nitrogens with zero attached hydrogens (tertiary/aromatic N) is 1. The van der Waals surface area contributed by atoms with Crippen molar-refractivity contribution in [2.24, 2.45) is 0 Å². The summed E-state index contributed by atoms with van der Waals surface area (Å²) in [5.41, 5.74) is -1.41. The van der Waals surface area contributed by atoms with Gasteiger partial charge in [-0.2, -0.15) is 13.2 Å². The van der Waals surface area contributed by atoms with E-state index in [1.165, 1.54) is 36.4 Å². The molecule has 0 unspecified atom stereocenters. The molecule has 1 aromatic heterocycles. The molecule has 0 amide bonds. The van der Waals surface area contributed by atoms with E-state index in [1.807, 2.05) is 0 Å². The standard InChI is InChI=1S/C24H23ClF3NO3/c1-2-16-8-3-4-11-29(16)13-18-19(30)10-9-17-21(31)20(14-6-5-7-15(25)12-14)23(24(26,27)28)32-22(17)18/h5-7,9-10,12,16,30H,2-4,8,11,13H2,1H3/t16-/m1/s1. The zero-order valence-corrected chi connectivity index (χ0v) is 18.3. The summed E-state index contributed by atoms with van der Waals surface area (Å²) in [4.78, 5) is 15.4. The highest BCUT2D eigenvalue weighted by molar-refractivity contribution is 6.30. The zero-order valence-electron chi connectivity index (χ0n) is 17.5. The van der Waals surface area contributed by atoms with Crippen molar-refractivity contribution in [2.45, 2.75) is 51.4 Å². The number of phenols is 1. The Morgan fingerprint density at radius 1 is 1.22 bits per heavy atom. The van der Waals surface area contributed by atoms with E-state index in [2.05, 4.69) is 11.8 Å². The topological polar surface area (TPSA) is 53.7 Å². The molecule has 0 bridgehead atoms. The smallest absolute Gasteiger partial charge is 0.450 e. The molecule has 3 aromatic rings. The van der Waals surface area contributed by atoms with Gasteiger partial charge in [0.1, 0.15) is 11.3 Å². The normalized spacial score (nSPS) is 17.7. The fraction of sp³-hybridized carbons (Fsp3) is 0.375. The van der Waals surface area contributed by atoms with Crippen LogP contribution < -0.4 is 5.43 Å². The molecular weight excluding hydrogens is 443 g/mol. The minimum atomic E-state index is -4.91. The fourth-order valence-electron chi connectivity index (χ4n) is 4.50. The number of hydrogen-bond acceptors (Lipinski definition) is 4. The van der Waals surface area contributed by atoms with Crippen LogP contribution in [0.5, 0.6) is 5.75 Å². The van der Waals surface area contributed by atoms with Crippen molar-refractivity contribution in [1.29, 1.82) is 0 Å². The summed E-state index contributed by atoms with van der Waals surface area (Å²) in [7, 11) is 0. The molecule has 0 aliphatic carbocycles. The molecule has 4 rings (SSSR count). The Kier molecular flexibility index (Phi) is 6.23. The Hall–Kier alpha value is -2.51. The van der Waals surface area contributed by atoms with Crippen molar-refractivity contribution in [3.8, 4) is 16.9 Å². The van der Waals surface area contributed by atoms with Crippen LogP contribution in [0.3, 0.4) is 0 Å². The second-order valence-corrected chi connectivity index (χ2v) is 8.55. The van der Waals surface area contributed by atoms with Crippen LogP contribution in [0, 0.1) is 0 Å². The van der Waals surface area contributed by atoms with Gasteiger partial charge < -0.3 is 9.52 Å². The molecule has 0 radical (unpaired) electrons. The van der Waals surface area contributed by atoms with Crippen molar-refractivity contribution in [3.05, 3.63) is 63.0 Å². The van der Waals surface area contributed by atoms with Gasteiger partial charge in [0.2, 0.25) is 11.2 Å². The highest BCUT2D eigenvalue weighted by atomic mass is 35.5. The monoisotopic (exact) mass is 465 g/mol. The van der Waals surface area contributed by atoms with E-state index in [0.29, 0.717) is 0 Å². The van der Waals surface area contributed by atoms with E-state index in [-0.39, 0.29) is 45.5 Å². The van der Waals surface area contributed by atoms with Crippen molar-refractivity contribution in [1.82, 2.24) is 4.90 Å². The van der Waals surface area contributed by atoms with Crippen LogP contribution in [0.25, 0.3) is 22.1 Å². The lowest BCUT2D eigenvalue weighted by atomic mass is 9.97. The van der Waals surface area contributed by atoms with Crippen molar-refractivity contribution in [3.63, 3.8) is 0 Å². The van der Waals surface area contributed by atoms with E-state index in [4.69, 9.17) is 16.0 Å². The van der Waals surface area contributed by atoms with Crippen LogP contribution in [0.1, 0.15) is 43.9 Å². The molecule has 170 valence electrons. The van der Waals surface area contributed by atoms with Crippen molar-refractivity contribution < 1.29 is 22.7 Å². The first-order valence-electron chi connectivity index (χ1n) is 10.6. The molecule has 1 aliphatic heterocycles. The van der Waals surface area contributed by atoms with Crippen LogP contribution >= 0.6 is 11.6 Å². The first kappa shape index (κ1) is 22.7. The summed E-state index contributed by atoms with van der Waals surface area (Å²) < 4.78 is 47.4. The Morgan fingerprint density at radius 3 is 2.69 bits per heavy atom. The molecule has 1 aliphatic rings. The van der Waals surface area contributed by atoms with Gasteiger partial charge in [-0.25, -0.2) is 0 Å². The number of piperidine rings is 1. The largest absolute Gasteiger partial charge is 0.507 e. The molecule has 8 heteroatoms. The van der Waals surface area contributed by atoms with Crippen molar-refractivity contribution >= 4 is 22.6 Å². The number of aromatic hydroxyl groups is 1. The van der Waals surface area contributed by atoms with Gasteiger partial charge in [-0.3, -0.25) is 9.69 Å². The highest BCUT2D eigenvalue weighted by Gasteiger charge is 2.40. The molecule has 1 N–H and O–H groups in total. The molecule has 1 atom stereocenters. The maximum Gasteiger partial charge on any atom is 0.450 e. The first-order chi connectivity index (χ1) is 15.2. The minimum Gasteiger partial charge on any atom is -0.507 e. The Labute approximate surface area is 188 Å². The summed E-state index contributed by atoms with van der Waals surface area (Å²) in [5.74, 6) is -1.58. The maximum absolute atomic E-state index is 14.0. The number of likely N-dealkylation sites (tertiary alicyclic amines) is 1. The van der Waals surface area contributed by atoms with Gasteiger partial charge in [-0.1, -0.05) is 37.1 Å². The minimum absolute atomic E-state index is 0.00849. The third-order valence-electron chi connectivity index (χ3n) is 6.09. The summed E-state index contributed by atoms with van der Waals surface area (Å²) in [6.45, 7) is 3.04. The molecule has 0 spiro atoms. The predicted molar refractivity (Wildman–Crippen MR) is 118 cm³/mol. The SMILES string of the molecule is CC[C@@H]1CCCCN1Cc1c(O)ccc2c(=O)c(-c3cccc(Cl)c3)c(C(F)(F)F)oc12. The van der Waals surface area contributed by atoms with Gasteiger partial charge in [0.25, 0.3) is 0 Å². The number of alkyl halides is 3. The molecule has 1 fully saturated rings. The third kappa shape index (κ3) is 4.24. The Bertz CT molecular complexity index is 1210. The van der Waals surface area contributed by atoms with Crippen LogP contribution in [-0.2, 0) is 12.7 Å². The molecule has 32 heavy (non-hydrogen) atoms. The second kappa shape index (κ2) is 8.79. The number of phenolic OH excluding ortho intramolecular Hbond substituents is 1. The van der Waals surface area contributed by atoms with Gasteiger partial charge in [-0.15, -0.1) is 0 Å². The van der Waals surface area contributed by atoms with Crippen LogP contribution in [0.4, 0.5) is 13.2 Å². The van der Waals surface area contributed by atoms with Crippen LogP contribution in [0.2, 0.25) is 5.02 Å². The Balaban J connectivity index is 1.95. The molecular formula is C24H23ClF3NO3. The highest BCUT2D eigenvalue weighted by Crippen LogP contribution is 2.40. The number of rotatable bonds is 4. The number of benzene rings is 2. The van der Waals surface area contributed by atoms with E-state index in [1.54, 1.807) is 0 Å². The molecule has 2 heterocycles. The van der Waals surface area contributed by atoms with Crippen LogP contribution in [-0.4, -0.2) is 22.6 Å². The molecule has 4 nitrogen and oxygen atoms in total. The second-order valence-electron chi connectivity index (χ2n) is 8.11. The number of halogens is 4. The average molecular weight is 466 g/mol. The zero-order chi connectivity index (χ0) is 23.0. The van der Waals surface area contributed by atoms with Gasteiger partial charge in [-0.05, 0) is 55.6 Å². The average Bonchev–Trinajstić information content (AvgIpc) is 2.75. The van der Waals surface area contributed by atoms with Gasteiger partial charge in [0.15, 0.2) is 0 Å². The van der Waals surface area contributed by atoms with E-state index in [0.717, 1.165) is 32.2 Å². The first-order valence-corrected chi connectivity index (χ1v) is 11.0. The molecule has 1 saturated heterocycles. The lowest BCUT2D eigenvalue weighted by molar-refractivity contribution is -0.152. The van der Waals surface area contributed by atoms with Crippen molar-refractivity contribution in [2.75, 3.05) is 6.54 Å². The third-order valence-corrected chi connectivity index (χ3v) is 6.33. The summed E-state index contributed by atoms with van der Waals surface area (Å²) >= 11 is 5.96. The van der Waals surface area contributed by atoms with Crippen LogP contribution in [0.15, 0.2) is 45.6 Å². The molecule has 2 aromatic carbocycles. The lowest BCUT2D eigenvalue weighted by Gasteiger charge is -2.35. The van der Waals surface area contributed by atoms with Gasteiger partial charge >= 0.3 is 6.18 Å². The van der Waals surface area contributed by atoms with E-state index >= 15 is 0 Å². The summed E-state index contributed by atoms with van der Waals surface area (Å²) in [5, 5.41) is 10.7. The maximum atomic E-state index is 14.0. The Morgan fingerprint density at radius 2 is 2.00 bits per heavy atom. The predicted octanol–water partition coefficient (Wildman–Crippen LogP) is 6.60. The van der Waals surface area contributed by atoms with Gasteiger partial charge in [0.05, 0.1) is 16.5 Å². The fourth-order valence-corrected chi connectivity index (χ4v) is 4.69. The lowest BCUT2D eigenvalue weighted by Crippen LogP contribution is -2.38. The van der Waals surface area contributed by atoms with Gasteiger partial charge in [0, 0.05) is 17.6 Å². The number of fused-ring (bicyclic) bond motifs is 1. The summed E-state index contributed by atoms with van der Waals surface area (Å²) in [6.07, 6.45) is -0.975. The van der Waals surface area contributed by atoms with E-state index < -0.39 is 22.9 Å². The quantitative estimate of drug-likeness (QED) is 0.471. The number of hydrogen-bond donors (Lipinski definition) is 1. The summed E-state index contributed by atoms with van der Waals surface area (Å²) in [6, 6.07) is 8.59. The van der Waals surface area contributed by atoms with E-state index in [9.17, 15) is 23.1 Å².